The van der Waals surface area contributed by atoms with E-state index in [0.717, 1.165) is 17.0 Å². The van der Waals surface area contributed by atoms with Crippen LogP contribution in [0.5, 0.6) is 16.7 Å². The lowest BCUT2D eigenvalue weighted by atomic mass is 9.99. The van der Waals surface area contributed by atoms with Crippen LogP contribution >= 0.6 is 22.9 Å². The summed E-state index contributed by atoms with van der Waals surface area (Å²) in [6.45, 7) is 2.04. The van der Waals surface area contributed by atoms with Crippen molar-refractivity contribution in [1.82, 2.24) is 20.2 Å². The molecule has 4 rings (SSSR count). The molecule has 0 radical (unpaired) electrons. The Kier molecular flexibility index (Phi) is 7.19. The normalized spacial score (nSPS) is 10.6. The van der Waals surface area contributed by atoms with E-state index in [2.05, 4.69) is 25.5 Å². The largest absolute Gasteiger partial charge is 0.496 e. The summed E-state index contributed by atoms with van der Waals surface area (Å²) < 4.78 is 16.2. The molecule has 11 heteroatoms. The van der Waals surface area contributed by atoms with Gasteiger partial charge in [-0.15, -0.1) is 5.10 Å². The molecule has 0 unspecified atom stereocenters. The Morgan fingerprint density at radius 1 is 1.03 bits per heavy atom. The number of methoxy groups -OCH3 is 2. The summed E-state index contributed by atoms with van der Waals surface area (Å²) in [7, 11) is 3.14. The summed E-state index contributed by atoms with van der Waals surface area (Å²) in [6, 6.07) is 10.6. The Hall–Kier alpha value is -3.76. The Morgan fingerprint density at radius 3 is 2.62 bits per heavy atom. The van der Waals surface area contributed by atoms with Gasteiger partial charge >= 0.3 is 0 Å². The third-order valence-electron chi connectivity index (χ3n) is 4.74. The first-order valence-electron chi connectivity index (χ1n) is 10.0. The van der Waals surface area contributed by atoms with E-state index in [1.54, 1.807) is 56.8 Å². The fourth-order valence-corrected chi connectivity index (χ4v) is 3.85. The molecule has 1 amide bonds. The van der Waals surface area contributed by atoms with Gasteiger partial charge in [0.25, 0.3) is 11.1 Å². The van der Waals surface area contributed by atoms with Crippen LogP contribution in [0.3, 0.4) is 0 Å². The van der Waals surface area contributed by atoms with Gasteiger partial charge in [-0.2, -0.15) is 0 Å². The van der Waals surface area contributed by atoms with Crippen molar-refractivity contribution in [2.45, 2.75) is 13.5 Å². The van der Waals surface area contributed by atoms with Crippen LogP contribution in [0, 0.1) is 6.92 Å². The number of aryl methyl sites for hydroxylation is 1. The number of hydrogen-bond acceptors (Lipinski definition) is 9. The molecule has 0 aliphatic heterocycles. The molecule has 0 saturated carbocycles. The van der Waals surface area contributed by atoms with Gasteiger partial charge in [-0.05, 0) is 54.7 Å². The number of aromatic nitrogens is 4. The summed E-state index contributed by atoms with van der Waals surface area (Å²) in [4.78, 5) is 21.6. The SMILES string of the molecule is COc1ccc(COc2nnc(NC(=O)c3cnc(C)cc3-c3cc(Cl)ccc3OC)s2)nc1. The van der Waals surface area contributed by atoms with Crippen molar-refractivity contribution >= 4 is 34.0 Å². The molecule has 1 aromatic carbocycles. The number of nitrogens with zero attached hydrogens (tertiary/aromatic N) is 4. The Balaban J connectivity index is 1.50. The minimum Gasteiger partial charge on any atom is -0.496 e. The molecule has 3 aromatic heterocycles. The van der Waals surface area contributed by atoms with Crippen molar-refractivity contribution in [3.63, 3.8) is 0 Å². The average Bonchev–Trinajstić information content (AvgIpc) is 3.30. The number of hydrogen-bond donors (Lipinski definition) is 1. The first-order valence-corrected chi connectivity index (χ1v) is 11.2. The van der Waals surface area contributed by atoms with Crippen molar-refractivity contribution in [2.24, 2.45) is 0 Å². The molecule has 1 N–H and O–H groups in total. The second-order valence-electron chi connectivity index (χ2n) is 7.02. The van der Waals surface area contributed by atoms with Gasteiger partial charge in [-0.25, -0.2) is 0 Å². The molecule has 0 saturated heterocycles. The number of carbonyl (C=O) groups is 1. The minimum atomic E-state index is -0.399. The van der Waals surface area contributed by atoms with E-state index in [1.807, 2.05) is 6.92 Å². The zero-order valence-corrected chi connectivity index (χ0v) is 20.1. The maximum atomic E-state index is 13.1. The molecule has 0 bridgehead atoms. The number of benzene rings is 1. The zero-order chi connectivity index (χ0) is 24.1. The fraction of sp³-hybridized carbons (Fsp3) is 0.174. The van der Waals surface area contributed by atoms with E-state index >= 15 is 0 Å². The Bertz CT molecular complexity index is 1310. The monoisotopic (exact) mass is 497 g/mol. The van der Waals surface area contributed by atoms with Crippen LogP contribution in [-0.2, 0) is 6.61 Å². The van der Waals surface area contributed by atoms with Crippen LogP contribution in [0.15, 0.2) is 48.8 Å². The van der Waals surface area contributed by atoms with Gasteiger partial charge in [0.1, 0.15) is 18.1 Å². The number of nitrogens with one attached hydrogen (secondary N) is 1. The Morgan fingerprint density at radius 2 is 1.88 bits per heavy atom. The average molecular weight is 498 g/mol. The zero-order valence-electron chi connectivity index (χ0n) is 18.5. The van der Waals surface area contributed by atoms with Crippen molar-refractivity contribution in [1.29, 1.82) is 0 Å². The van der Waals surface area contributed by atoms with Gasteiger partial charge in [0.2, 0.25) is 5.13 Å². The second-order valence-corrected chi connectivity index (χ2v) is 8.40. The molecule has 9 nitrogen and oxygen atoms in total. The number of carbonyl (C=O) groups excluding carboxylic acids is 1. The molecule has 0 aliphatic rings. The molecular formula is C23H20ClN5O4S. The van der Waals surface area contributed by atoms with Crippen molar-refractivity contribution in [3.05, 3.63) is 70.8 Å². The van der Waals surface area contributed by atoms with Crippen LogP contribution in [0.4, 0.5) is 5.13 Å². The van der Waals surface area contributed by atoms with Crippen LogP contribution < -0.4 is 19.5 Å². The maximum Gasteiger partial charge on any atom is 0.296 e. The Labute approximate surface area is 204 Å². The number of pyridine rings is 2. The summed E-state index contributed by atoms with van der Waals surface area (Å²) in [5.74, 6) is 0.844. The van der Waals surface area contributed by atoms with E-state index in [4.69, 9.17) is 25.8 Å². The number of halogens is 1. The predicted molar refractivity (Wildman–Crippen MR) is 129 cm³/mol. The minimum absolute atomic E-state index is 0.202. The highest BCUT2D eigenvalue weighted by atomic mass is 35.5. The second kappa shape index (κ2) is 10.4. The van der Waals surface area contributed by atoms with E-state index in [-0.39, 0.29) is 11.7 Å². The van der Waals surface area contributed by atoms with Gasteiger partial charge in [0.15, 0.2) is 0 Å². The van der Waals surface area contributed by atoms with Crippen molar-refractivity contribution in [3.8, 4) is 27.8 Å². The summed E-state index contributed by atoms with van der Waals surface area (Å²) in [5, 5.41) is 11.8. The van der Waals surface area contributed by atoms with E-state index in [9.17, 15) is 4.79 Å². The predicted octanol–water partition coefficient (Wildman–Crippen LogP) is 4.81. The van der Waals surface area contributed by atoms with Crippen LogP contribution in [-0.4, -0.2) is 40.3 Å². The third kappa shape index (κ3) is 5.41. The maximum absolute atomic E-state index is 13.1. The quantitative estimate of drug-likeness (QED) is 0.369. The molecule has 34 heavy (non-hydrogen) atoms. The standard InChI is InChI=1S/C23H20ClN5O4S/c1-13-8-17(18-9-14(24)4-7-20(18)32-3)19(11-25-13)21(30)27-22-28-29-23(34-22)33-12-15-5-6-16(31-2)10-26-15/h4-11H,12H2,1-3H3,(H,27,28,30). The van der Waals surface area contributed by atoms with Crippen LogP contribution in [0.2, 0.25) is 5.02 Å². The molecule has 0 atom stereocenters. The lowest BCUT2D eigenvalue weighted by Gasteiger charge is -2.13. The molecule has 0 fully saturated rings. The number of rotatable bonds is 8. The first-order chi connectivity index (χ1) is 16.5. The number of amides is 1. The van der Waals surface area contributed by atoms with Gasteiger partial charge in [-0.1, -0.05) is 16.7 Å². The topological polar surface area (TPSA) is 108 Å². The van der Waals surface area contributed by atoms with Gasteiger partial charge in [0, 0.05) is 28.0 Å². The van der Waals surface area contributed by atoms with Crippen molar-refractivity contribution in [2.75, 3.05) is 19.5 Å². The van der Waals surface area contributed by atoms with Crippen molar-refractivity contribution < 1.29 is 19.0 Å². The fourth-order valence-electron chi connectivity index (χ4n) is 3.09. The molecule has 0 aliphatic carbocycles. The molecular weight excluding hydrogens is 478 g/mol. The lowest BCUT2D eigenvalue weighted by Crippen LogP contribution is -2.14. The molecule has 4 aromatic rings. The smallest absolute Gasteiger partial charge is 0.296 e. The van der Waals surface area contributed by atoms with Gasteiger partial charge < -0.3 is 14.2 Å². The highest BCUT2D eigenvalue weighted by Crippen LogP contribution is 2.35. The molecule has 0 spiro atoms. The number of anilines is 1. The highest BCUT2D eigenvalue weighted by molar-refractivity contribution is 7.17. The molecule has 174 valence electrons. The van der Waals surface area contributed by atoms with E-state index in [0.29, 0.717) is 44.1 Å². The summed E-state index contributed by atoms with van der Waals surface area (Å²) in [5.41, 5.74) is 3.10. The van der Waals surface area contributed by atoms with Gasteiger partial charge in [-0.3, -0.25) is 20.1 Å². The van der Waals surface area contributed by atoms with Gasteiger partial charge in [0.05, 0.1) is 31.7 Å². The third-order valence-corrected chi connectivity index (χ3v) is 5.73. The van der Waals surface area contributed by atoms with Crippen LogP contribution in [0.1, 0.15) is 21.7 Å². The molecule has 3 heterocycles. The van der Waals surface area contributed by atoms with E-state index < -0.39 is 5.91 Å². The summed E-state index contributed by atoms with van der Waals surface area (Å²) in [6.07, 6.45) is 3.11. The highest BCUT2D eigenvalue weighted by Gasteiger charge is 2.19. The lowest BCUT2D eigenvalue weighted by molar-refractivity contribution is 0.102. The van der Waals surface area contributed by atoms with E-state index in [1.165, 1.54) is 6.20 Å². The number of ether oxygens (including phenoxy) is 3. The van der Waals surface area contributed by atoms with Crippen LogP contribution in [0.25, 0.3) is 11.1 Å². The first kappa shape index (κ1) is 23.4. The summed E-state index contributed by atoms with van der Waals surface area (Å²) >= 11 is 7.31.